The maximum Gasteiger partial charge on any atom is 0.397 e. The van der Waals surface area contributed by atoms with Crippen LogP contribution in [0.15, 0.2) is 34.3 Å². The van der Waals surface area contributed by atoms with E-state index in [1.807, 2.05) is 31.1 Å². The van der Waals surface area contributed by atoms with Gasteiger partial charge in [-0.1, -0.05) is 0 Å². The van der Waals surface area contributed by atoms with Gasteiger partial charge in [0.25, 0.3) is 0 Å². The molecule has 0 saturated carbocycles. The summed E-state index contributed by atoms with van der Waals surface area (Å²) in [5.41, 5.74) is 8.88. The molecule has 2 aliphatic rings. The zero-order valence-corrected chi connectivity index (χ0v) is 23.8. The monoisotopic (exact) mass is 590 g/mol. The summed E-state index contributed by atoms with van der Waals surface area (Å²) in [6.07, 6.45) is -1.66. The van der Waals surface area contributed by atoms with E-state index in [4.69, 9.17) is 20.4 Å². The number of aryl methyl sites for hydroxylation is 1. The molecule has 5 rings (SSSR count). The van der Waals surface area contributed by atoms with E-state index in [0.717, 1.165) is 42.7 Å². The number of primary amides is 1. The van der Waals surface area contributed by atoms with E-state index in [0.29, 0.717) is 44.2 Å². The Kier molecular flexibility index (Phi) is 7.87. The zero-order chi connectivity index (χ0) is 28.6. The number of hydrogen-bond acceptors (Lipinski definition) is 9. The molecule has 0 bridgehead atoms. The van der Waals surface area contributed by atoms with E-state index in [1.165, 1.54) is 22.7 Å². The van der Waals surface area contributed by atoms with Gasteiger partial charge in [0.05, 0.1) is 34.0 Å². The minimum Gasteiger partial charge on any atom is -0.489 e. The Morgan fingerprint density at radius 1 is 1.23 bits per heavy atom. The van der Waals surface area contributed by atoms with Crippen LogP contribution in [0.3, 0.4) is 0 Å². The van der Waals surface area contributed by atoms with Crippen molar-refractivity contribution in [2.75, 3.05) is 18.4 Å². The number of thiazole rings is 2. The van der Waals surface area contributed by atoms with Gasteiger partial charge in [-0.2, -0.15) is 13.2 Å². The van der Waals surface area contributed by atoms with Crippen LogP contribution in [0, 0.1) is 12.8 Å². The van der Waals surface area contributed by atoms with E-state index in [9.17, 15) is 18.0 Å². The lowest BCUT2D eigenvalue weighted by Crippen LogP contribution is -2.31. The third-order valence-electron chi connectivity index (χ3n) is 6.58. The lowest BCUT2D eigenvalue weighted by Gasteiger charge is -2.29. The molecular weight excluding hydrogens is 561 g/mol. The molecule has 212 valence electrons. The first kappa shape index (κ1) is 28.1. The molecule has 0 aliphatic carbocycles. The molecule has 2 aliphatic heterocycles. The maximum atomic E-state index is 13.5. The second kappa shape index (κ2) is 11.2. The molecule has 1 unspecified atom stereocenters. The quantitative estimate of drug-likeness (QED) is 0.305. The Morgan fingerprint density at radius 3 is 2.65 bits per heavy atom. The minimum absolute atomic E-state index is 0.0845. The first-order chi connectivity index (χ1) is 19.0. The topological polar surface area (TPSA) is 106 Å². The molecular formula is C27H29F3N6O2S2. The van der Waals surface area contributed by atoms with Crippen molar-refractivity contribution < 1.29 is 22.7 Å². The largest absolute Gasteiger partial charge is 0.489 e. The normalized spacial score (nSPS) is 17.7. The maximum absolute atomic E-state index is 13.5. The number of carbonyl (C=O) groups is 1. The number of nitrogens with zero attached hydrogens (tertiary/aromatic N) is 4. The van der Waals surface area contributed by atoms with Crippen LogP contribution < -0.4 is 15.8 Å². The molecule has 3 N–H and O–H groups in total. The van der Waals surface area contributed by atoms with Crippen LogP contribution in [0.1, 0.15) is 54.2 Å². The van der Waals surface area contributed by atoms with E-state index in [2.05, 4.69) is 10.3 Å². The Balaban J connectivity index is 1.44. The van der Waals surface area contributed by atoms with Crippen molar-refractivity contribution in [1.29, 1.82) is 0 Å². The fraction of sp³-hybridized carbons (Fsp3) is 0.407. The summed E-state index contributed by atoms with van der Waals surface area (Å²) in [5, 5.41) is 6.26. The van der Waals surface area contributed by atoms with Crippen LogP contribution in [0.25, 0.3) is 16.3 Å². The molecule has 1 atom stereocenters. The van der Waals surface area contributed by atoms with Crippen molar-refractivity contribution in [2.45, 2.75) is 52.3 Å². The summed E-state index contributed by atoms with van der Waals surface area (Å²) >= 11 is 2.74. The number of amides is 1. The number of aliphatic imine (C=N–C) groups is 1. The molecule has 3 aromatic rings. The first-order valence-electron chi connectivity index (χ1n) is 12.9. The fourth-order valence-corrected chi connectivity index (χ4v) is 6.50. The lowest BCUT2D eigenvalue weighted by atomic mass is 9.99. The number of halogens is 3. The van der Waals surface area contributed by atoms with Crippen molar-refractivity contribution in [3.8, 4) is 16.3 Å². The third-order valence-corrected chi connectivity index (χ3v) is 8.53. The van der Waals surface area contributed by atoms with Crippen molar-refractivity contribution in [2.24, 2.45) is 16.6 Å². The van der Waals surface area contributed by atoms with Crippen molar-refractivity contribution >= 4 is 51.3 Å². The molecule has 2 aromatic heterocycles. The van der Waals surface area contributed by atoms with E-state index in [1.54, 1.807) is 18.2 Å². The van der Waals surface area contributed by atoms with E-state index < -0.39 is 18.0 Å². The van der Waals surface area contributed by atoms with Gasteiger partial charge >= 0.3 is 6.18 Å². The predicted molar refractivity (Wildman–Crippen MR) is 152 cm³/mol. The summed E-state index contributed by atoms with van der Waals surface area (Å²) in [6, 6.07) is 4.92. The number of alkyl halides is 3. The van der Waals surface area contributed by atoms with E-state index >= 15 is 0 Å². The van der Waals surface area contributed by atoms with Gasteiger partial charge in [0.2, 0.25) is 5.91 Å². The van der Waals surface area contributed by atoms with Crippen LogP contribution >= 0.6 is 22.7 Å². The number of benzene rings is 1. The second-order valence-corrected chi connectivity index (χ2v) is 11.8. The number of likely N-dealkylation sites (tertiary alicyclic amines) is 1. The van der Waals surface area contributed by atoms with Crippen molar-refractivity contribution in [3.05, 3.63) is 45.5 Å². The van der Waals surface area contributed by atoms with Gasteiger partial charge in [-0.3, -0.25) is 9.79 Å². The predicted octanol–water partition coefficient (Wildman–Crippen LogP) is 6.62. The first-order valence-corrected chi connectivity index (χ1v) is 14.6. The van der Waals surface area contributed by atoms with Gasteiger partial charge in [-0.15, -0.1) is 22.7 Å². The highest BCUT2D eigenvalue weighted by atomic mass is 32.1. The van der Waals surface area contributed by atoms with Gasteiger partial charge in [-0.05, 0) is 51.8 Å². The van der Waals surface area contributed by atoms with Gasteiger partial charge in [0.1, 0.15) is 16.5 Å². The number of aromatic nitrogens is 2. The lowest BCUT2D eigenvalue weighted by molar-refractivity contribution is -0.154. The molecule has 13 heteroatoms. The number of allylic oxidation sites excluding steroid dienone is 1. The number of nitrogens with two attached hydrogens (primary N) is 1. The van der Waals surface area contributed by atoms with Gasteiger partial charge in [0, 0.05) is 42.4 Å². The number of anilines is 2. The van der Waals surface area contributed by atoms with Crippen LogP contribution in [0.2, 0.25) is 0 Å². The molecule has 1 saturated heterocycles. The highest BCUT2D eigenvalue weighted by Crippen LogP contribution is 2.42. The SMILES string of the molecule is Cc1nc(C2=C(N3CCCC3)CC(C(F)(F)F)C=N2)sc1-c1csc(Nc2cc(C(N)=O)ccc2OC(C)C)n1. The molecule has 0 radical (unpaired) electrons. The molecule has 4 heterocycles. The number of ether oxygens (including phenoxy) is 1. The van der Waals surface area contributed by atoms with Crippen molar-refractivity contribution in [1.82, 2.24) is 14.9 Å². The average Bonchev–Trinajstić information content (AvgIpc) is 3.65. The Labute approximate surface area is 237 Å². The summed E-state index contributed by atoms with van der Waals surface area (Å²) in [7, 11) is 0. The van der Waals surface area contributed by atoms with Crippen LogP contribution in [-0.4, -0.2) is 52.4 Å². The molecule has 1 fully saturated rings. The van der Waals surface area contributed by atoms with Gasteiger partial charge < -0.3 is 20.7 Å². The second-order valence-electron chi connectivity index (χ2n) is 9.96. The molecule has 0 spiro atoms. The van der Waals surface area contributed by atoms with Gasteiger partial charge in [0.15, 0.2) is 5.13 Å². The summed E-state index contributed by atoms with van der Waals surface area (Å²) < 4.78 is 46.5. The number of nitrogens with one attached hydrogen (secondary N) is 1. The standard InChI is InChI=1S/C27H29F3N6O2S2/c1-14(2)38-21-7-6-16(24(31)37)10-18(21)34-26-35-19(13-39-26)23-15(3)33-25(40-23)22-20(36-8-4-5-9-36)11-17(12-32-22)27(28,29)30/h6-7,10,12-14,17H,4-5,8-9,11H2,1-3H3,(H2,31,37)(H,34,35). The number of rotatable bonds is 8. The summed E-state index contributed by atoms with van der Waals surface area (Å²) in [4.78, 5) is 28.3. The van der Waals surface area contributed by atoms with E-state index in [-0.39, 0.29) is 12.5 Å². The van der Waals surface area contributed by atoms with Crippen molar-refractivity contribution in [3.63, 3.8) is 0 Å². The summed E-state index contributed by atoms with van der Waals surface area (Å²) in [5.74, 6) is -1.60. The Bertz CT molecular complexity index is 1470. The summed E-state index contributed by atoms with van der Waals surface area (Å²) in [6.45, 7) is 7.10. The highest BCUT2D eigenvalue weighted by Gasteiger charge is 2.42. The number of carbonyl (C=O) groups excluding carboxylic acids is 1. The Hall–Kier alpha value is -3.45. The molecule has 8 nitrogen and oxygen atoms in total. The van der Waals surface area contributed by atoms with Crippen LogP contribution in [0.5, 0.6) is 5.75 Å². The Morgan fingerprint density at radius 2 is 1.98 bits per heavy atom. The molecule has 40 heavy (non-hydrogen) atoms. The third kappa shape index (κ3) is 5.99. The smallest absolute Gasteiger partial charge is 0.397 e. The molecule has 1 amide bonds. The van der Waals surface area contributed by atoms with Gasteiger partial charge in [-0.25, -0.2) is 9.97 Å². The minimum atomic E-state index is -4.34. The fourth-order valence-electron chi connectivity index (χ4n) is 4.67. The van der Waals surface area contributed by atoms with Crippen LogP contribution in [-0.2, 0) is 0 Å². The number of hydrogen-bond donors (Lipinski definition) is 2. The highest BCUT2D eigenvalue weighted by molar-refractivity contribution is 7.17. The van der Waals surface area contributed by atoms with Crippen LogP contribution in [0.4, 0.5) is 24.0 Å². The zero-order valence-electron chi connectivity index (χ0n) is 22.2. The average molecular weight is 591 g/mol. The molecule has 1 aromatic carbocycles.